The van der Waals surface area contributed by atoms with Crippen molar-refractivity contribution in [3.63, 3.8) is 0 Å². The maximum Gasteiger partial charge on any atom is 0.191 e. The van der Waals surface area contributed by atoms with Crippen LogP contribution in [0.4, 0.5) is 4.39 Å². The minimum absolute atomic E-state index is 0.0152. The maximum atomic E-state index is 13.2. The Morgan fingerprint density at radius 2 is 2.27 bits per heavy atom. The van der Waals surface area contributed by atoms with Crippen LogP contribution in [0, 0.1) is 5.82 Å². The summed E-state index contributed by atoms with van der Waals surface area (Å²) in [7, 11) is 0. The number of hydrogen-bond donors (Lipinski definition) is 0. The van der Waals surface area contributed by atoms with Gasteiger partial charge in [-0.1, -0.05) is 18.5 Å². The summed E-state index contributed by atoms with van der Waals surface area (Å²) in [6.45, 7) is 2.32. The lowest BCUT2D eigenvalue weighted by molar-refractivity contribution is 0.0757. The van der Waals surface area contributed by atoms with Crippen LogP contribution in [-0.4, -0.2) is 19.0 Å². The number of carbonyl (C=O) groups excluding carboxylic acids is 1. The van der Waals surface area contributed by atoms with Crippen LogP contribution in [0.5, 0.6) is 0 Å². The van der Waals surface area contributed by atoms with Gasteiger partial charge in [-0.3, -0.25) is 4.79 Å². The minimum atomic E-state index is -0.565. The molecule has 0 saturated carbocycles. The first-order valence-electron chi connectivity index (χ1n) is 4.71. The fourth-order valence-electron chi connectivity index (χ4n) is 1.10. The van der Waals surface area contributed by atoms with E-state index in [1.165, 1.54) is 18.2 Å². The molecule has 0 aromatic heterocycles. The number of ether oxygens (including phenoxy) is 1. The monoisotopic (exact) mass is 230 g/mol. The highest BCUT2D eigenvalue weighted by Gasteiger charge is 2.11. The zero-order chi connectivity index (χ0) is 11.3. The minimum Gasteiger partial charge on any atom is -0.373 e. The molecule has 0 heterocycles. The Bertz CT molecular complexity index is 352. The molecule has 0 atom stereocenters. The van der Waals surface area contributed by atoms with E-state index in [0.717, 1.165) is 6.42 Å². The van der Waals surface area contributed by atoms with Gasteiger partial charge in [-0.05, 0) is 24.6 Å². The molecule has 0 fully saturated rings. The molecule has 0 amide bonds. The van der Waals surface area contributed by atoms with Crippen LogP contribution in [-0.2, 0) is 4.74 Å². The summed E-state index contributed by atoms with van der Waals surface area (Å²) in [5.74, 6) is -0.951. The first-order valence-corrected chi connectivity index (χ1v) is 5.09. The largest absolute Gasteiger partial charge is 0.373 e. The lowest BCUT2D eigenvalue weighted by Crippen LogP contribution is -2.11. The molecule has 0 bridgehead atoms. The fraction of sp³-hybridized carbons (Fsp3) is 0.364. The normalized spacial score (nSPS) is 10.3. The van der Waals surface area contributed by atoms with Crippen molar-refractivity contribution in [3.05, 3.63) is 34.6 Å². The quantitative estimate of drug-likeness (QED) is 0.574. The second-order valence-corrected chi connectivity index (χ2v) is 3.54. The number of halogens is 2. The van der Waals surface area contributed by atoms with Crippen molar-refractivity contribution < 1.29 is 13.9 Å². The first kappa shape index (κ1) is 12.1. The van der Waals surface area contributed by atoms with E-state index < -0.39 is 5.82 Å². The molecule has 4 heteroatoms. The molecule has 2 nitrogen and oxygen atoms in total. The van der Waals surface area contributed by atoms with Gasteiger partial charge in [-0.25, -0.2) is 4.39 Å². The second kappa shape index (κ2) is 5.83. The van der Waals surface area contributed by atoms with Crippen molar-refractivity contribution in [3.8, 4) is 0 Å². The molecule has 15 heavy (non-hydrogen) atoms. The van der Waals surface area contributed by atoms with Crippen LogP contribution in [0.3, 0.4) is 0 Å². The van der Waals surface area contributed by atoms with Crippen LogP contribution in [0.2, 0.25) is 5.02 Å². The predicted octanol–water partition coefficient (Wildman–Crippen LogP) is 3.09. The van der Waals surface area contributed by atoms with Crippen LogP contribution in [0.1, 0.15) is 23.7 Å². The van der Waals surface area contributed by atoms with Crippen molar-refractivity contribution in [2.45, 2.75) is 13.3 Å². The molecule has 0 aliphatic rings. The Balaban J connectivity index is 2.68. The van der Waals surface area contributed by atoms with Crippen LogP contribution in [0.15, 0.2) is 18.2 Å². The number of Topliss-reactive ketones (excluding diaryl/α,β-unsaturated/α-hetero) is 1. The Kier molecular flexibility index (Phi) is 4.72. The summed E-state index contributed by atoms with van der Waals surface area (Å²) in [6.07, 6.45) is 0.825. The smallest absolute Gasteiger partial charge is 0.191 e. The summed E-state index contributed by atoms with van der Waals surface area (Å²) in [5, 5.41) is 0.343. The van der Waals surface area contributed by atoms with Crippen molar-refractivity contribution >= 4 is 17.4 Å². The molecular formula is C11H12ClFO2. The number of rotatable bonds is 5. The third kappa shape index (κ3) is 3.61. The van der Waals surface area contributed by atoms with Gasteiger partial charge in [0.1, 0.15) is 12.4 Å². The maximum absolute atomic E-state index is 13.2. The average molecular weight is 231 g/mol. The molecule has 0 spiro atoms. The van der Waals surface area contributed by atoms with E-state index in [9.17, 15) is 9.18 Å². The summed E-state index contributed by atoms with van der Waals surface area (Å²) in [4.78, 5) is 11.5. The van der Waals surface area contributed by atoms with Crippen molar-refractivity contribution in [2.75, 3.05) is 13.2 Å². The van der Waals surface area contributed by atoms with Gasteiger partial charge in [0.05, 0.1) is 5.56 Å². The van der Waals surface area contributed by atoms with Gasteiger partial charge in [0, 0.05) is 11.6 Å². The number of hydrogen-bond acceptors (Lipinski definition) is 2. The third-order valence-corrected chi connectivity index (χ3v) is 2.05. The van der Waals surface area contributed by atoms with Gasteiger partial charge in [0.25, 0.3) is 0 Å². The molecular weight excluding hydrogens is 219 g/mol. The number of benzene rings is 1. The van der Waals surface area contributed by atoms with E-state index in [1.54, 1.807) is 0 Å². The Hall–Kier alpha value is -0.930. The molecule has 0 aliphatic heterocycles. The predicted molar refractivity (Wildman–Crippen MR) is 56.9 cm³/mol. The molecule has 1 aromatic carbocycles. The van der Waals surface area contributed by atoms with Crippen molar-refractivity contribution in [2.24, 2.45) is 0 Å². The topological polar surface area (TPSA) is 26.3 Å². The van der Waals surface area contributed by atoms with Crippen molar-refractivity contribution in [1.82, 2.24) is 0 Å². The van der Waals surface area contributed by atoms with Crippen molar-refractivity contribution in [1.29, 1.82) is 0 Å². The molecule has 1 rings (SSSR count). The van der Waals surface area contributed by atoms with Gasteiger partial charge in [0.15, 0.2) is 5.78 Å². The summed E-state index contributed by atoms with van der Waals surface area (Å²) in [6, 6.07) is 3.89. The van der Waals surface area contributed by atoms with Gasteiger partial charge in [0.2, 0.25) is 0 Å². The van der Waals surface area contributed by atoms with Crippen LogP contribution in [0.25, 0.3) is 0 Å². The van der Waals surface area contributed by atoms with E-state index in [0.29, 0.717) is 11.6 Å². The van der Waals surface area contributed by atoms with E-state index in [1.807, 2.05) is 6.92 Å². The van der Waals surface area contributed by atoms with Gasteiger partial charge in [-0.15, -0.1) is 0 Å². The molecule has 0 N–H and O–H groups in total. The van der Waals surface area contributed by atoms with E-state index in [4.69, 9.17) is 16.3 Å². The molecule has 1 aromatic rings. The molecule has 0 saturated heterocycles. The second-order valence-electron chi connectivity index (χ2n) is 3.10. The molecule has 82 valence electrons. The highest BCUT2D eigenvalue weighted by atomic mass is 35.5. The third-order valence-electron chi connectivity index (χ3n) is 1.81. The standard InChI is InChI=1S/C11H12ClFO2/c1-2-5-15-7-11(14)9-6-8(12)3-4-10(9)13/h3-4,6H,2,5,7H2,1H3. The summed E-state index contributed by atoms with van der Waals surface area (Å²) >= 11 is 5.66. The van der Waals surface area contributed by atoms with Gasteiger partial charge in [-0.2, -0.15) is 0 Å². The fourth-order valence-corrected chi connectivity index (χ4v) is 1.27. The molecule has 0 unspecified atom stereocenters. The lowest BCUT2D eigenvalue weighted by atomic mass is 10.1. The van der Waals surface area contributed by atoms with E-state index in [2.05, 4.69) is 0 Å². The molecule has 0 radical (unpaired) electrons. The SMILES string of the molecule is CCCOCC(=O)c1cc(Cl)ccc1F. The molecule has 0 aliphatic carbocycles. The number of carbonyl (C=O) groups is 1. The first-order chi connectivity index (χ1) is 7.15. The van der Waals surface area contributed by atoms with Crippen LogP contribution >= 0.6 is 11.6 Å². The highest BCUT2D eigenvalue weighted by Crippen LogP contribution is 2.15. The highest BCUT2D eigenvalue weighted by molar-refractivity contribution is 6.31. The summed E-state index contributed by atoms with van der Waals surface area (Å²) in [5.41, 5.74) is -0.0152. The lowest BCUT2D eigenvalue weighted by Gasteiger charge is -2.03. The Morgan fingerprint density at radius 3 is 2.93 bits per heavy atom. The van der Waals surface area contributed by atoms with E-state index in [-0.39, 0.29) is 18.0 Å². The van der Waals surface area contributed by atoms with Gasteiger partial charge < -0.3 is 4.74 Å². The summed E-state index contributed by atoms with van der Waals surface area (Å²) < 4.78 is 18.2. The van der Waals surface area contributed by atoms with E-state index >= 15 is 0 Å². The van der Waals surface area contributed by atoms with Gasteiger partial charge >= 0.3 is 0 Å². The number of ketones is 1. The Labute approximate surface area is 93.0 Å². The zero-order valence-electron chi connectivity index (χ0n) is 8.43. The average Bonchev–Trinajstić information content (AvgIpc) is 2.22. The zero-order valence-corrected chi connectivity index (χ0v) is 9.18. The van der Waals surface area contributed by atoms with Crippen LogP contribution < -0.4 is 0 Å². The Morgan fingerprint density at radius 1 is 1.53 bits per heavy atom.